The third-order valence-corrected chi connectivity index (χ3v) is 2.59. The first-order chi connectivity index (χ1) is 7.58. The van der Waals surface area contributed by atoms with Crippen LogP contribution in [0.25, 0.3) is 11.3 Å². The van der Waals surface area contributed by atoms with Crippen LogP contribution in [-0.2, 0) is 0 Å². The fraction of sp³-hybridized carbons (Fsp3) is 0.214. The van der Waals surface area contributed by atoms with Crippen molar-refractivity contribution < 1.29 is 4.39 Å². The van der Waals surface area contributed by atoms with Crippen LogP contribution in [0.2, 0.25) is 0 Å². The predicted octanol–water partition coefficient (Wildman–Crippen LogP) is 3.81. The van der Waals surface area contributed by atoms with Crippen LogP contribution < -0.4 is 0 Å². The highest BCUT2D eigenvalue weighted by Gasteiger charge is 2.09. The SMILES string of the molecule is Cc1ccc(-c2cc(C)cc(C)c2F)nc1. The molecule has 0 N–H and O–H groups in total. The fourth-order valence-corrected chi connectivity index (χ4v) is 1.76. The normalized spacial score (nSPS) is 10.5. The number of halogens is 1. The number of rotatable bonds is 1. The van der Waals surface area contributed by atoms with E-state index in [1.54, 1.807) is 13.1 Å². The number of hydrogen-bond acceptors (Lipinski definition) is 1. The molecule has 0 aliphatic rings. The van der Waals surface area contributed by atoms with E-state index in [4.69, 9.17) is 0 Å². The minimum atomic E-state index is -0.179. The lowest BCUT2D eigenvalue weighted by molar-refractivity contribution is 0.621. The Kier molecular flexibility index (Phi) is 2.73. The van der Waals surface area contributed by atoms with Crippen LogP contribution in [0.1, 0.15) is 16.7 Å². The Morgan fingerprint density at radius 3 is 2.38 bits per heavy atom. The first kappa shape index (κ1) is 10.8. The molecule has 0 aliphatic heterocycles. The summed E-state index contributed by atoms with van der Waals surface area (Å²) in [6.45, 7) is 5.71. The zero-order valence-electron chi connectivity index (χ0n) is 9.71. The fourth-order valence-electron chi connectivity index (χ4n) is 1.76. The van der Waals surface area contributed by atoms with E-state index in [0.717, 1.165) is 11.1 Å². The minimum Gasteiger partial charge on any atom is -0.256 e. The van der Waals surface area contributed by atoms with E-state index < -0.39 is 0 Å². The monoisotopic (exact) mass is 215 g/mol. The summed E-state index contributed by atoms with van der Waals surface area (Å²) < 4.78 is 13.9. The molecular weight excluding hydrogens is 201 g/mol. The number of aryl methyl sites for hydroxylation is 3. The van der Waals surface area contributed by atoms with Gasteiger partial charge in [0.25, 0.3) is 0 Å². The lowest BCUT2D eigenvalue weighted by Gasteiger charge is -2.07. The third kappa shape index (κ3) is 1.96. The first-order valence-electron chi connectivity index (χ1n) is 5.27. The number of benzene rings is 1. The van der Waals surface area contributed by atoms with E-state index in [2.05, 4.69) is 4.98 Å². The zero-order chi connectivity index (χ0) is 11.7. The molecule has 0 amide bonds. The molecule has 1 aromatic heterocycles. The van der Waals surface area contributed by atoms with E-state index in [9.17, 15) is 4.39 Å². The Balaban J connectivity index is 2.59. The van der Waals surface area contributed by atoms with Crippen LogP contribution in [-0.4, -0.2) is 4.98 Å². The van der Waals surface area contributed by atoms with Gasteiger partial charge < -0.3 is 0 Å². The van der Waals surface area contributed by atoms with Crippen LogP contribution in [0.15, 0.2) is 30.5 Å². The molecule has 82 valence electrons. The zero-order valence-corrected chi connectivity index (χ0v) is 9.71. The van der Waals surface area contributed by atoms with E-state index >= 15 is 0 Å². The summed E-state index contributed by atoms with van der Waals surface area (Å²) in [4.78, 5) is 4.25. The van der Waals surface area contributed by atoms with Crippen LogP contribution in [0.4, 0.5) is 4.39 Å². The summed E-state index contributed by atoms with van der Waals surface area (Å²) in [6.07, 6.45) is 1.76. The Bertz CT molecular complexity index is 515. The second-order valence-electron chi connectivity index (χ2n) is 4.16. The van der Waals surface area contributed by atoms with Crippen molar-refractivity contribution in [2.75, 3.05) is 0 Å². The quantitative estimate of drug-likeness (QED) is 0.704. The smallest absolute Gasteiger partial charge is 0.135 e. The maximum absolute atomic E-state index is 13.9. The molecule has 2 heteroatoms. The number of hydrogen-bond donors (Lipinski definition) is 0. The molecule has 0 radical (unpaired) electrons. The summed E-state index contributed by atoms with van der Waals surface area (Å²) in [6, 6.07) is 7.47. The summed E-state index contributed by atoms with van der Waals surface area (Å²) in [5.74, 6) is -0.179. The highest BCUT2D eigenvalue weighted by atomic mass is 19.1. The average molecular weight is 215 g/mol. The van der Waals surface area contributed by atoms with Crippen molar-refractivity contribution >= 4 is 0 Å². The molecule has 0 saturated carbocycles. The second-order valence-corrected chi connectivity index (χ2v) is 4.16. The van der Waals surface area contributed by atoms with Crippen molar-refractivity contribution in [2.24, 2.45) is 0 Å². The highest BCUT2D eigenvalue weighted by Crippen LogP contribution is 2.24. The molecule has 0 bridgehead atoms. The minimum absolute atomic E-state index is 0.179. The molecule has 0 saturated heterocycles. The molecule has 2 aromatic rings. The van der Waals surface area contributed by atoms with Gasteiger partial charge in [-0.25, -0.2) is 4.39 Å². The molecule has 1 nitrogen and oxygen atoms in total. The molecule has 0 aliphatic carbocycles. The lowest BCUT2D eigenvalue weighted by atomic mass is 10.0. The van der Waals surface area contributed by atoms with Gasteiger partial charge in [0.1, 0.15) is 5.82 Å². The van der Waals surface area contributed by atoms with Crippen molar-refractivity contribution in [1.29, 1.82) is 0 Å². The number of pyridine rings is 1. The molecule has 2 rings (SSSR count). The molecule has 16 heavy (non-hydrogen) atoms. The Hall–Kier alpha value is -1.70. The first-order valence-corrected chi connectivity index (χ1v) is 5.27. The van der Waals surface area contributed by atoms with E-state index in [1.807, 2.05) is 38.1 Å². The highest BCUT2D eigenvalue weighted by molar-refractivity contribution is 5.62. The van der Waals surface area contributed by atoms with Gasteiger partial charge in [-0.15, -0.1) is 0 Å². The maximum atomic E-state index is 13.9. The number of aromatic nitrogens is 1. The Morgan fingerprint density at radius 2 is 1.75 bits per heavy atom. The van der Waals surface area contributed by atoms with Crippen LogP contribution in [0.3, 0.4) is 0 Å². The lowest BCUT2D eigenvalue weighted by Crippen LogP contribution is -1.92. The van der Waals surface area contributed by atoms with Gasteiger partial charge in [-0.3, -0.25) is 4.98 Å². The van der Waals surface area contributed by atoms with Crippen LogP contribution in [0.5, 0.6) is 0 Å². The van der Waals surface area contributed by atoms with E-state index in [-0.39, 0.29) is 5.82 Å². The largest absolute Gasteiger partial charge is 0.256 e. The van der Waals surface area contributed by atoms with Gasteiger partial charge in [0.05, 0.1) is 5.69 Å². The maximum Gasteiger partial charge on any atom is 0.135 e. The summed E-state index contributed by atoms with van der Waals surface area (Å²) >= 11 is 0. The van der Waals surface area contributed by atoms with Crippen molar-refractivity contribution in [3.8, 4) is 11.3 Å². The Morgan fingerprint density at radius 1 is 1.00 bits per heavy atom. The van der Waals surface area contributed by atoms with Gasteiger partial charge in [0, 0.05) is 11.8 Å². The molecule has 0 spiro atoms. The molecule has 0 unspecified atom stereocenters. The van der Waals surface area contributed by atoms with Gasteiger partial charge in [-0.05, 0) is 49.6 Å². The molecule has 1 aromatic carbocycles. The summed E-state index contributed by atoms with van der Waals surface area (Å²) in [5.41, 5.74) is 4.06. The van der Waals surface area contributed by atoms with Gasteiger partial charge in [-0.2, -0.15) is 0 Å². The van der Waals surface area contributed by atoms with Gasteiger partial charge in [0.2, 0.25) is 0 Å². The average Bonchev–Trinajstić information content (AvgIpc) is 2.25. The number of nitrogens with zero attached hydrogens (tertiary/aromatic N) is 1. The van der Waals surface area contributed by atoms with Gasteiger partial charge in [-0.1, -0.05) is 12.1 Å². The molecule has 0 fully saturated rings. The van der Waals surface area contributed by atoms with Crippen molar-refractivity contribution in [3.05, 3.63) is 53.0 Å². The van der Waals surface area contributed by atoms with Gasteiger partial charge in [0.15, 0.2) is 0 Å². The third-order valence-electron chi connectivity index (χ3n) is 2.59. The second kappa shape index (κ2) is 4.05. The van der Waals surface area contributed by atoms with Crippen LogP contribution in [0, 0.1) is 26.6 Å². The summed E-state index contributed by atoms with van der Waals surface area (Å²) in [5, 5.41) is 0. The molecule has 0 atom stereocenters. The topological polar surface area (TPSA) is 12.9 Å². The predicted molar refractivity (Wildman–Crippen MR) is 63.8 cm³/mol. The van der Waals surface area contributed by atoms with E-state index in [0.29, 0.717) is 16.8 Å². The van der Waals surface area contributed by atoms with Crippen molar-refractivity contribution in [1.82, 2.24) is 4.98 Å². The summed E-state index contributed by atoms with van der Waals surface area (Å²) in [7, 11) is 0. The molecular formula is C14H14FN. The van der Waals surface area contributed by atoms with Crippen LogP contribution >= 0.6 is 0 Å². The van der Waals surface area contributed by atoms with Crippen molar-refractivity contribution in [2.45, 2.75) is 20.8 Å². The van der Waals surface area contributed by atoms with Gasteiger partial charge >= 0.3 is 0 Å². The Labute approximate surface area is 95.0 Å². The molecule has 1 heterocycles. The standard InChI is InChI=1S/C14H14FN/c1-9-4-5-13(16-8-9)12-7-10(2)6-11(3)14(12)15/h4-8H,1-3H3. The van der Waals surface area contributed by atoms with Crippen molar-refractivity contribution in [3.63, 3.8) is 0 Å². The van der Waals surface area contributed by atoms with E-state index in [1.165, 1.54) is 0 Å².